The molecule has 0 saturated carbocycles. The van der Waals surface area contributed by atoms with E-state index in [9.17, 15) is 0 Å². The van der Waals surface area contributed by atoms with Gasteiger partial charge in [0, 0.05) is 0 Å². The highest BCUT2D eigenvalue weighted by Gasteiger charge is 1.97. The van der Waals surface area contributed by atoms with Gasteiger partial charge in [-0.25, -0.2) is 0 Å². The van der Waals surface area contributed by atoms with Gasteiger partial charge >= 0.3 is 0 Å². The molecule has 0 nitrogen and oxygen atoms in total. The van der Waals surface area contributed by atoms with Crippen molar-refractivity contribution in [3.05, 3.63) is 11.6 Å². The van der Waals surface area contributed by atoms with Crippen molar-refractivity contribution >= 4 is 0 Å². The molecule has 0 saturated heterocycles. The zero-order valence-electron chi connectivity index (χ0n) is 11.1. The van der Waals surface area contributed by atoms with Gasteiger partial charge in [0.1, 0.15) is 0 Å². The van der Waals surface area contributed by atoms with Crippen molar-refractivity contribution < 1.29 is 0 Å². The maximum Gasteiger partial charge on any atom is -0.0320 e. The van der Waals surface area contributed by atoms with Gasteiger partial charge in [-0.05, 0) is 32.1 Å². The average molecular weight is 210 g/mol. The Bertz CT molecular complexity index is 144. The number of allylic oxidation sites excluding steroid dienone is 2. The average Bonchev–Trinajstić information content (AvgIpc) is 2.25. The first-order valence-electron chi connectivity index (χ1n) is 7.03. The molecule has 0 bridgehead atoms. The molecule has 0 heterocycles. The summed E-state index contributed by atoms with van der Waals surface area (Å²) in [6.45, 7) is 6.85. The minimum Gasteiger partial charge on any atom is -0.0853 e. The Kier molecular flexibility index (Phi) is 11.6. The lowest BCUT2D eigenvalue weighted by molar-refractivity contribution is 0.671. The van der Waals surface area contributed by atoms with E-state index in [1.54, 1.807) is 5.57 Å². The largest absolute Gasteiger partial charge is 0.0853 e. The van der Waals surface area contributed by atoms with Crippen molar-refractivity contribution in [1.82, 2.24) is 0 Å². The lowest BCUT2D eigenvalue weighted by Gasteiger charge is -2.06. The molecule has 0 radical (unpaired) electrons. The van der Waals surface area contributed by atoms with Gasteiger partial charge in [-0.15, -0.1) is 0 Å². The van der Waals surface area contributed by atoms with Crippen LogP contribution in [0.5, 0.6) is 0 Å². The van der Waals surface area contributed by atoms with Crippen LogP contribution >= 0.6 is 0 Å². The zero-order chi connectivity index (χ0) is 11.4. The van der Waals surface area contributed by atoms with E-state index in [0.29, 0.717) is 0 Å². The summed E-state index contributed by atoms with van der Waals surface area (Å²) in [5, 5.41) is 0. The highest BCUT2D eigenvalue weighted by atomic mass is 14.0. The van der Waals surface area contributed by atoms with E-state index in [4.69, 9.17) is 0 Å². The second-order valence-corrected chi connectivity index (χ2v) is 4.57. The Hall–Kier alpha value is -0.260. The van der Waals surface area contributed by atoms with Crippen LogP contribution in [0.25, 0.3) is 0 Å². The van der Waals surface area contributed by atoms with Crippen molar-refractivity contribution in [1.29, 1.82) is 0 Å². The van der Waals surface area contributed by atoms with E-state index in [1.807, 2.05) is 0 Å². The number of hydrogen-bond acceptors (Lipinski definition) is 0. The Balaban J connectivity index is 3.76. The summed E-state index contributed by atoms with van der Waals surface area (Å²) < 4.78 is 0. The molecule has 0 atom stereocenters. The molecule has 0 unspecified atom stereocenters. The molecule has 0 N–H and O–H groups in total. The summed E-state index contributed by atoms with van der Waals surface area (Å²) in [6.07, 6.45) is 16.1. The Labute approximate surface area is 97.2 Å². The fourth-order valence-corrected chi connectivity index (χ4v) is 1.85. The summed E-state index contributed by atoms with van der Waals surface area (Å²) in [5.74, 6) is 0. The molecule has 0 aromatic rings. The summed E-state index contributed by atoms with van der Waals surface area (Å²) in [4.78, 5) is 0. The Morgan fingerprint density at radius 1 is 0.733 bits per heavy atom. The molecule has 0 aliphatic heterocycles. The molecule has 0 aromatic carbocycles. The smallest absolute Gasteiger partial charge is 0.0320 e. The van der Waals surface area contributed by atoms with Gasteiger partial charge in [0.25, 0.3) is 0 Å². The summed E-state index contributed by atoms with van der Waals surface area (Å²) in [5.41, 5.74) is 1.73. The molecule has 0 aliphatic carbocycles. The molecule has 0 rings (SSSR count). The predicted octanol–water partition coefficient (Wildman–Crippen LogP) is 5.87. The van der Waals surface area contributed by atoms with Crippen LogP contribution in [0, 0.1) is 0 Å². The topological polar surface area (TPSA) is 0 Å². The van der Waals surface area contributed by atoms with E-state index in [2.05, 4.69) is 26.8 Å². The van der Waals surface area contributed by atoms with Gasteiger partial charge < -0.3 is 0 Å². The van der Waals surface area contributed by atoms with Crippen molar-refractivity contribution in [2.75, 3.05) is 0 Å². The second kappa shape index (κ2) is 11.8. The van der Waals surface area contributed by atoms with Crippen molar-refractivity contribution in [3.8, 4) is 0 Å². The van der Waals surface area contributed by atoms with Gasteiger partial charge in [0.05, 0.1) is 0 Å². The molecule has 0 aromatic heterocycles. The molecule has 15 heavy (non-hydrogen) atoms. The van der Waals surface area contributed by atoms with Gasteiger partial charge in [0.2, 0.25) is 0 Å². The predicted molar refractivity (Wildman–Crippen MR) is 71.3 cm³/mol. The van der Waals surface area contributed by atoms with E-state index >= 15 is 0 Å². The molecular formula is C15H30. The first-order chi connectivity index (χ1) is 7.35. The monoisotopic (exact) mass is 210 g/mol. The van der Waals surface area contributed by atoms with Crippen molar-refractivity contribution in [3.63, 3.8) is 0 Å². The molecular weight excluding hydrogens is 180 g/mol. The van der Waals surface area contributed by atoms with Crippen LogP contribution in [0.15, 0.2) is 11.6 Å². The van der Waals surface area contributed by atoms with Crippen molar-refractivity contribution in [2.24, 2.45) is 0 Å². The molecule has 0 amide bonds. The van der Waals surface area contributed by atoms with Gasteiger partial charge in [-0.1, -0.05) is 64.5 Å². The highest BCUT2D eigenvalue weighted by Crippen LogP contribution is 2.17. The minimum atomic E-state index is 1.31. The van der Waals surface area contributed by atoms with Crippen LogP contribution in [0.2, 0.25) is 0 Å². The van der Waals surface area contributed by atoms with Crippen LogP contribution in [0.3, 0.4) is 0 Å². The lowest BCUT2D eigenvalue weighted by atomic mass is 10.0. The Morgan fingerprint density at radius 3 is 1.93 bits per heavy atom. The maximum absolute atomic E-state index is 2.52. The van der Waals surface area contributed by atoms with Gasteiger partial charge in [0.15, 0.2) is 0 Å². The van der Waals surface area contributed by atoms with E-state index in [0.717, 1.165) is 0 Å². The number of unbranched alkanes of at least 4 members (excludes halogenated alkanes) is 5. The Morgan fingerprint density at radius 2 is 1.33 bits per heavy atom. The van der Waals surface area contributed by atoms with E-state index in [1.165, 1.54) is 64.2 Å². The van der Waals surface area contributed by atoms with Crippen LogP contribution < -0.4 is 0 Å². The first kappa shape index (κ1) is 14.7. The maximum atomic E-state index is 2.52. The summed E-state index contributed by atoms with van der Waals surface area (Å²) >= 11 is 0. The third-order valence-electron chi connectivity index (χ3n) is 2.94. The van der Waals surface area contributed by atoms with Crippen LogP contribution in [0.4, 0.5) is 0 Å². The van der Waals surface area contributed by atoms with Gasteiger partial charge in [-0.2, -0.15) is 0 Å². The quantitative estimate of drug-likeness (QED) is 0.312. The van der Waals surface area contributed by atoms with Crippen LogP contribution in [-0.2, 0) is 0 Å². The summed E-state index contributed by atoms with van der Waals surface area (Å²) in [7, 11) is 0. The molecule has 0 fully saturated rings. The fourth-order valence-electron chi connectivity index (χ4n) is 1.85. The highest BCUT2D eigenvalue weighted by molar-refractivity contribution is 5.01. The second-order valence-electron chi connectivity index (χ2n) is 4.57. The van der Waals surface area contributed by atoms with Crippen LogP contribution in [-0.4, -0.2) is 0 Å². The minimum absolute atomic E-state index is 1.31. The van der Waals surface area contributed by atoms with Crippen molar-refractivity contribution in [2.45, 2.75) is 85.0 Å². The first-order valence-corrected chi connectivity index (χ1v) is 7.03. The summed E-state index contributed by atoms with van der Waals surface area (Å²) in [6, 6.07) is 0. The van der Waals surface area contributed by atoms with E-state index < -0.39 is 0 Å². The fraction of sp³-hybridized carbons (Fsp3) is 0.867. The van der Waals surface area contributed by atoms with Gasteiger partial charge in [-0.3, -0.25) is 0 Å². The lowest BCUT2D eigenvalue weighted by Crippen LogP contribution is -1.86. The third kappa shape index (κ3) is 10.0. The molecule has 0 heteroatoms. The molecule has 0 aliphatic rings. The molecule has 90 valence electrons. The zero-order valence-corrected chi connectivity index (χ0v) is 11.1. The SMILES string of the molecule is CCCC/C=C(/CCCC)CCCCC. The standard InChI is InChI=1S/C15H30/c1-4-7-10-13-15(12-9-6-3)14-11-8-5-2/h13H,4-12,14H2,1-3H3/b15-13-. The van der Waals surface area contributed by atoms with E-state index in [-0.39, 0.29) is 0 Å². The number of rotatable bonds is 10. The number of hydrogen-bond donors (Lipinski definition) is 0. The molecule has 0 spiro atoms. The van der Waals surface area contributed by atoms with Crippen LogP contribution in [0.1, 0.15) is 85.0 Å². The normalized spacial score (nSPS) is 12.1. The third-order valence-corrected chi connectivity index (χ3v) is 2.94.